The molecule has 40 heavy (non-hydrogen) atoms. The van der Waals surface area contributed by atoms with E-state index in [1.165, 1.54) is 30.3 Å². The number of non-ortho nitro benzene ring substituents is 1. The quantitative estimate of drug-likeness (QED) is 0.110. The molecule has 0 bridgehead atoms. The number of benzene rings is 3. The monoisotopic (exact) mass is 668 g/mol. The van der Waals surface area contributed by atoms with Gasteiger partial charge in [0.2, 0.25) is 0 Å². The molecule has 0 atom stereocenters. The average Bonchev–Trinajstić information content (AvgIpc) is 2.96. The first-order valence-electron chi connectivity index (χ1n) is 12.8. The second-order valence-electron chi connectivity index (χ2n) is 9.57. The van der Waals surface area contributed by atoms with Crippen LogP contribution in [-0.2, 0) is 6.61 Å². The van der Waals surface area contributed by atoms with Crippen LogP contribution < -0.4 is 15.0 Å². The molecule has 11 heteroatoms. The number of halogens is 2. The predicted molar refractivity (Wildman–Crippen MR) is 161 cm³/mol. The van der Waals surface area contributed by atoms with Gasteiger partial charge in [-0.3, -0.25) is 14.9 Å². The zero-order valence-electron chi connectivity index (χ0n) is 21.7. The summed E-state index contributed by atoms with van der Waals surface area (Å²) in [7, 11) is 1.54. The van der Waals surface area contributed by atoms with Crippen molar-refractivity contribution in [2.75, 3.05) is 7.11 Å². The summed E-state index contributed by atoms with van der Waals surface area (Å²) >= 11 is 6.98. The van der Waals surface area contributed by atoms with Crippen LogP contribution in [0, 0.1) is 10.1 Å². The number of hydrogen-bond acceptors (Lipinski definition) is 7. The predicted octanol–water partition coefficient (Wildman–Crippen LogP) is 7.35. The molecule has 9 nitrogen and oxygen atoms in total. The summed E-state index contributed by atoms with van der Waals surface area (Å²) in [5.74, 6) is 1.70. The maximum atomic E-state index is 13.7. The summed E-state index contributed by atoms with van der Waals surface area (Å²) in [5, 5.41) is 16.1. The largest absolute Gasteiger partial charge is 0.493 e. The molecule has 5 rings (SSSR count). The van der Waals surface area contributed by atoms with E-state index in [0.29, 0.717) is 33.8 Å². The van der Waals surface area contributed by atoms with E-state index < -0.39 is 4.92 Å². The summed E-state index contributed by atoms with van der Waals surface area (Å²) in [6.45, 7) is 0.148. The molecule has 0 saturated heterocycles. The van der Waals surface area contributed by atoms with Crippen molar-refractivity contribution >= 4 is 54.7 Å². The SMILES string of the molecule is COc1cc(Br)cc(C=Nn2c(C3CCCCC3)nc3ccc(Br)cc3c2=O)c1OCc1ccc([N+](=O)[O-])cc1. The van der Waals surface area contributed by atoms with Crippen molar-refractivity contribution in [1.29, 1.82) is 0 Å². The van der Waals surface area contributed by atoms with Gasteiger partial charge in [-0.05, 0) is 60.9 Å². The molecule has 1 aliphatic rings. The first-order valence-corrected chi connectivity index (χ1v) is 14.4. The van der Waals surface area contributed by atoms with Crippen molar-refractivity contribution < 1.29 is 14.4 Å². The highest BCUT2D eigenvalue weighted by Crippen LogP contribution is 2.35. The fourth-order valence-electron chi connectivity index (χ4n) is 4.88. The van der Waals surface area contributed by atoms with Gasteiger partial charge >= 0.3 is 0 Å². The second kappa shape index (κ2) is 12.3. The van der Waals surface area contributed by atoms with Gasteiger partial charge in [0.25, 0.3) is 11.2 Å². The van der Waals surface area contributed by atoms with Crippen molar-refractivity contribution in [2.45, 2.75) is 44.6 Å². The van der Waals surface area contributed by atoms with E-state index in [4.69, 9.17) is 14.5 Å². The Morgan fingerprint density at radius 1 is 1.07 bits per heavy atom. The lowest BCUT2D eigenvalue weighted by Crippen LogP contribution is -2.25. The maximum Gasteiger partial charge on any atom is 0.282 e. The Morgan fingerprint density at radius 2 is 1.82 bits per heavy atom. The number of nitro groups is 1. The number of nitrogens with zero attached hydrogens (tertiary/aromatic N) is 4. The van der Waals surface area contributed by atoms with E-state index in [1.54, 1.807) is 30.5 Å². The Balaban J connectivity index is 1.55. The average molecular weight is 670 g/mol. The highest BCUT2D eigenvalue weighted by Gasteiger charge is 2.23. The number of rotatable bonds is 8. The molecule has 4 aromatic rings. The first kappa shape index (κ1) is 28.0. The molecule has 0 spiro atoms. The van der Waals surface area contributed by atoms with Gasteiger partial charge in [-0.25, -0.2) is 4.98 Å². The summed E-state index contributed by atoms with van der Waals surface area (Å²) in [6.07, 6.45) is 6.85. The van der Waals surface area contributed by atoms with Gasteiger partial charge in [-0.1, -0.05) is 51.1 Å². The third-order valence-electron chi connectivity index (χ3n) is 6.91. The van der Waals surface area contributed by atoms with Crippen LogP contribution in [0.3, 0.4) is 0 Å². The molecule has 1 aliphatic carbocycles. The van der Waals surface area contributed by atoms with E-state index >= 15 is 0 Å². The summed E-state index contributed by atoms with van der Waals surface area (Å²) < 4.78 is 14.7. The van der Waals surface area contributed by atoms with E-state index in [0.717, 1.165) is 40.2 Å². The van der Waals surface area contributed by atoms with Crippen LogP contribution in [0.2, 0.25) is 0 Å². The zero-order valence-corrected chi connectivity index (χ0v) is 24.9. The smallest absolute Gasteiger partial charge is 0.282 e. The number of methoxy groups -OCH3 is 1. The molecule has 1 saturated carbocycles. The van der Waals surface area contributed by atoms with Gasteiger partial charge in [0.1, 0.15) is 12.4 Å². The fraction of sp³-hybridized carbons (Fsp3) is 0.276. The van der Waals surface area contributed by atoms with E-state index in [1.807, 2.05) is 18.2 Å². The van der Waals surface area contributed by atoms with Gasteiger partial charge in [0, 0.05) is 32.6 Å². The van der Waals surface area contributed by atoms with E-state index in [-0.39, 0.29) is 23.8 Å². The minimum Gasteiger partial charge on any atom is -0.493 e. The van der Waals surface area contributed by atoms with Crippen LogP contribution in [0.25, 0.3) is 10.9 Å². The lowest BCUT2D eigenvalue weighted by atomic mass is 9.88. The number of fused-ring (bicyclic) bond motifs is 1. The molecule has 206 valence electrons. The molecule has 1 heterocycles. The Morgan fingerprint density at radius 3 is 2.52 bits per heavy atom. The van der Waals surface area contributed by atoms with E-state index in [2.05, 4.69) is 37.0 Å². The number of hydrogen-bond donors (Lipinski definition) is 0. The van der Waals surface area contributed by atoms with Crippen LogP contribution in [0.1, 0.15) is 55.0 Å². The van der Waals surface area contributed by atoms with Gasteiger partial charge in [-0.2, -0.15) is 9.78 Å². The lowest BCUT2D eigenvalue weighted by Gasteiger charge is -2.23. The van der Waals surface area contributed by atoms with Crippen molar-refractivity contribution in [2.24, 2.45) is 5.10 Å². The normalized spacial score (nSPS) is 14.1. The Bertz CT molecular complexity index is 1650. The van der Waals surface area contributed by atoms with Crippen LogP contribution in [0.4, 0.5) is 5.69 Å². The summed E-state index contributed by atoms with van der Waals surface area (Å²) in [4.78, 5) is 29.1. The van der Waals surface area contributed by atoms with Gasteiger partial charge < -0.3 is 9.47 Å². The molecule has 3 aromatic carbocycles. The van der Waals surface area contributed by atoms with Crippen molar-refractivity contribution in [1.82, 2.24) is 9.66 Å². The molecule has 1 fully saturated rings. The third kappa shape index (κ3) is 6.10. The number of aromatic nitrogens is 2. The lowest BCUT2D eigenvalue weighted by molar-refractivity contribution is -0.384. The fourth-order valence-corrected chi connectivity index (χ4v) is 5.70. The molecule has 0 N–H and O–H groups in total. The molecular formula is C29H26Br2N4O5. The zero-order chi connectivity index (χ0) is 28.2. The molecule has 0 amide bonds. The molecule has 0 aliphatic heterocycles. The summed E-state index contributed by atoms with van der Waals surface area (Å²) in [6, 6.07) is 15.3. The Kier molecular flexibility index (Phi) is 8.60. The van der Waals surface area contributed by atoms with Crippen LogP contribution in [-0.4, -0.2) is 27.9 Å². The van der Waals surface area contributed by atoms with Gasteiger partial charge in [0.15, 0.2) is 11.5 Å². The Hall–Kier alpha value is -3.57. The van der Waals surface area contributed by atoms with E-state index in [9.17, 15) is 14.9 Å². The molecule has 0 unspecified atom stereocenters. The van der Waals surface area contributed by atoms with Crippen LogP contribution >= 0.6 is 31.9 Å². The number of nitro benzene ring substituents is 1. The van der Waals surface area contributed by atoms with Crippen molar-refractivity contribution in [3.63, 3.8) is 0 Å². The molecular weight excluding hydrogens is 644 g/mol. The minimum atomic E-state index is -0.444. The molecule has 1 aromatic heterocycles. The second-order valence-corrected chi connectivity index (χ2v) is 11.4. The van der Waals surface area contributed by atoms with Crippen molar-refractivity contribution in [3.8, 4) is 11.5 Å². The van der Waals surface area contributed by atoms with Gasteiger partial charge in [-0.15, -0.1) is 0 Å². The number of ether oxygens (including phenoxy) is 2. The summed E-state index contributed by atoms with van der Waals surface area (Å²) in [5.41, 5.74) is 1.76. The highest BCUT2D eigenvalue weighted by molar-refractivity contribution is 9.10. The van der Waals surface area contributed by atoms with Gasteiger partial charge in [0.05, 0.1) is 29.2 Å². The first-order chi connectivity index (χ1) is 19.3. The van der Waals surface area contributed by atoms with Crippen LogP contribution in [0.15, 0.2) is 73.4 Å². The van der Waals surface area contributed by atoms with Crippen molar-refractivity contribution in [3.05, 3.63) is 101 Å². The minimum absolute atomic E-state index is 0.00744. The topological polar surface area (TPSA) is 109 Å². The molecule has 0 radical (unpaired) electrons. The standard InChI is InChI=1S/C29H26Br2N4O5/c1-39-26-15-22(31)13-20(27(26)40-17-18-7-10-23(11-8-18)35(37)38)16-32-34-28(19-5-3-2-4-6-19)33-25-12-9-21(30)14-24(25)29(34)36/h7-16,19H,2-6,17H2,1H3. The highest BCUT2D eigenvalue weighted by atomic mass is 79.9. The Labute approximate surface area is 247 Å². The van der Waals surface area contributed by atoms with Crippen LogP contribution in [0.5, 0.6) is 11.5 Å². The third-order valence-corrected chi connectivity index (χ3v) is 7.87. The maximum absolute atomic E-state index is 13.7.